The van der Waals surface area contributed by atoms with E-state index in [-0.39, 0.29) is 12.5 Å². The average molecular weight is 421 g/mol. The van der Waals surface area contributed by atoms with Crippen LogP contribution in [0.1, 0.15) is 11.4 Å². The highest BCUT2D eigenvalue weighted by Crippen LogP contribution is 2.26. The highest BCUT2D eigenvalue weighted by atomic mass is 35.5. The molecule has 0 fully saturated rings. The van der Waals surface area contributed by atoms with Gasteiger partial charge in [0.15, 0.2) is 0 Å². The number of rotatable bonds is 5. The molecule has 0 atom stereocenters. The van der Waals surface area contributed by atoms with Gasteiger partial charge in [0.2, 0.25) is 5.91 Å². The van der Waals surface area contributed by atoms with Crippen molar-refractivity contribution in [2.24, 2.45) is 0 Å². The summed E-state index contributed by atoms with van der Waals surface area (Å²) < 4.78 is 1.62. The van der Waals surface area contributed by atoms with Gasteiger partial charge in [0, 0.05) is 35.4 Å². The van der Waals surface area contributed by atoms with Gasteiger partial charge in [-0.3, -0.25) is 19.4 Å². The largest absolute Gasteiger partial charge is 0.309 e. The molecule has 4 aromatic heterocycles. The number of aromatic nitrogens is 7. The summed E-state index contributed by atoms with van der Waals surface area (Å²) in [6, 6.07) is 5.26. The first-order valence-corrected chi connectivity index (χ1v) is 9.44. The quantitative estimate of drug-likeness (QED) is 0.528. The van der Waals surface area contributed by atoms with Crippen LogP contribution in [-0.4, -0.2) is 40.8 Å². The fourth-order valence-corrected chi connectivity index (χ4v) is 3.22. The summed E-state index contributed by atoms with van der Waals surface area (Å²) in [5.74, 6) is 0.194. The van der Waals surface area contributed by atoms with Crippen molar-refractivity contribution in [3.63, 3.8) is 0 Å². The maximum absolute atomic E-state index is 12.5. The van der Waals surface area contributed by atoms with Gasteiger partial charge in [-0.1, -0.05) is 11.6 Å². The molecule has 30 heavy (non-hydrogen) atoms. The SMILES string of the molecule is Cc1nn(CC(=O)Nc2ccc(-c3cnccn3)cn2)c(C)c1-c1cc(Cl)cnn1. The molecule has 10 heteroatoms. The van der Waals surface area contributed by atoms with Gasteiger partial charge in [-0.05, 0) is 32.0 Å². The third-order valence-corrected chi connectivity index (χ3v) is 4.65. The molecular weight excluding hydrogens is 404 g/mol. The van der Waals surface area contributed by atoms with E-state index >= 15 is 0 Å². The number of amides is 1. The zero-order valence-electron chi connectivity index (χ0n) is 16.2. The number of nitrogens with one attached hydrogen (secondary N) is 1. The van der Waals surface area contributed by atoms with Crippen LogP contribution in [0, 0.1) is 13.8 Å². The monoisotopic (exact) mass is 420 g/mol. The number of nitrogens with zero attached hydrogens (tertiary/aromatic N) is 7. The lowest BCUT2D eigenvalue weighted by Crippen LogP contribution is -2.20. The Labute approximate surface area is 177 Å². The summed E-state index contributed by atoms with van der Waals surface area (Å²) in [4.78, 5) is 25.1. The van der Waals surface area contributed by atoms with Crippen LogP contribution in [0.4, 0.5) is 5.82 Å². The van der Waals surface area contributed by atoms with Gasteiger partial charge in [-0.25, -0.2) is 4.98 Å². The molecule has 1 N–H and O–H groups in total. The van der Waals surface area contributed by atoms with E-state index in [9.17, 15) is 4.79 Å². The van der Waals surface area contributed by atoms with Gasteiger partial charge in [0.05, 0.1) is 34.5 Å². The van der Waals surface area contributed by atoms with Crippen molar-refractivity contribution < 1.29 is 4.79 Å². The van der Waals surface area contributed by atoms with Gasteiger partial charge in [0.25, 0.3) is 0 Å². The number of halogens is 1. The maximum atomic E-state index is 12.5. The van der Waals surface area contributed by atoms with E-state index in [0.29, 0.717) is 22.2 Å². The first-order chi connectivity index (χ1) is 14.5. The van der Waals surface area contributed by atoms with Gasteiger partial charge < -0.3 is 5.32 Å². The molecular formula is C20H17ClN8O. The third-order valence-electron chi connectivity index (χ3n) is 4.44. The van der Waals surface area contributed by atoms with Crippen molar-refractivity contribution in [3.8, 4) is 22.5 Å². The van der Waals surface area contributed by atoms with Crippen LogP contribution < -0.4 is 5.32 Å². The first-order valence-electron chi connectivity index (χ1n) is 9.06. The molecule has 4 aromatic rings. The van der Waals surface area contributed by atoms with Crippen LogP contribution in [0.25, 0.3) is 22.5 Å². The molecule has 0 spiro atoms. The van der Waals surface area contributed by atoms with Crippen LogP contribution in [0.5, 0.6) is 0 Å². The molecule has 9 nitrogen and oxygen atoms in total. The van der Waals surface area contributed by atoms with Gasteiger partial charge >= 0.3 is 0 Å². The Balaban J connectivity index is 1.48. The summed E-state index contributed by atoms with van der Waals surface area (Å²) in [5, 5.41) is 15.7. The zero-order chi connectivity index (χ0) is 21.1. The van der Waals surface area contributed by atoms with Gasteiger partial charge in [-0.2, -0.15) is 15.3 Å². The topological polar surface area (TPSA) is 111 Å². The molecule has 150 valence electrons. The number of pyridine rings is 1. The third kappa shape index (κ3) is 4.15. The number of hydrogen-bond donors (Lipinski definition) is 1. The normalized spacial score (nSPS) is 10.8. The molecule has 1 amide bonds. The summed E-state index contributed by atoms with van der Waals surface area (Å²) in [7, 11) is 0. The molecule has 0 saturated carbocycles. The number of carbonyl (C=O) groups is 1. The van der Waals surface area contributed by atoms with Crippen molar-refractivity contribution in [2.75, 3.05) is 5.32 Å². The minimum Gasteiger partial charge on any atom is -0.309 e. The molecule has 0 radical (unpaired) electrons. The molecule has 0 bridgehead atoms. The molecule has 0 unspecified atom stereocenters. The fourth-order valence-electron chi connectivity index (χ4n) is 3.07. The van der Waals surface area contributed by atoms with E-state index in [0.717, 1.165) is 22.5 Å². The van der Waals surface area contributed by atoms with E-state index < -0.39 is 0 Å². The molecule has 0 aliphatic heterocycles. The lowest BCUT2D eigenvalue weighted by Gasteiger charge is -2.07. The Morgan fingerprint density at radius 3 is 2.67 bits per heavy atom. The summed E-state index contributed by atoms with van der Waals surface area (Å²) in [6.45, 7) is 3.76. The summed E-state index contributed by atoms with van der Waals surface area (Å²) >= 11 is 6.02. The fraction of sp³-hybridized carbons (Fsp3) is 0.150. The number of anilines is 1. The Kier molecular flexibility index (Phi) is 5.44. The predicted octanol–water partition coefficient (Wildman–Crippen LogP) is 3.10. The Morgan fingerprint density at radius 1 is 1.10 bits per heavy atom. The second kappa shape index (κ2) is 8.34. The first kappa shape index (κ1) is 19.6. The Bertz CT molecular complexity index is 1190. The molecule has 4 heterocycles. The lowest BCUT2D eigenvalue weighted by atomic mass is 10.1. The molecule has 0 aliphatic rings. The van der Waals surface area contributed by atoms with Crippen LogP contribution >= 0.6 is 11.6 Å². The van der Waals surface area contributed by atoms with E-state index in [2.05, 4.69) is 35.6 Å². The van der Waals surface area contributed by atoms with E-state index in [1.807, 2.05) is 19.9 Å². The predicted molar refractivity (Wildman–Crippen MR) is 112 cm³/mol. The van der Waals surface area contributed by atoms with Crippen LogP contribution in [-0.2, 0) is 11.3 Å². The summed E-state index contributed by atoms with van der Waals surface area (Å²) in [6.07, 6.45) is 7.98. The van der Waals surface area contributed by atoms with Crippen LogP contribution in [0.15, 0.2) is 49.2 Å². The minimum atomic E-state index is -0.246. The average Bonchev–Trinajstić information content (AvgIpc) is 3.02. The second-order valence-electron chi connectivity index (χ2n) is 6.53. The Hall–Kier alpha value is -3.72. The van der Waals surface area contributed by atoms with Crippen molar-refractivity contribution in [1.82, 2.24) is 34.9 Å². The lowest BCUT2D eigenvalue weighted by molar-refractivity contribution is -0.117. The second-order valence-corrected chi connectivity index (χ2v) is 6.97. The summed E-state index contributed by atoms with van der Waals surface area (Å²) in [5.41, 5.74) is 4.48. The molecule has 4 rings (SSSR count). The Morgan fingerprint density at radius 2 is 1.97 bits per heavy atom. The molecule has 0 aromatic carbocycles. The number of carbonyl (C=O) groups excluding carboxylic acids is 1. The molecule has 0 aliphatic carbocycles. The highest BCUT2D eigenvalue weighted by Gasteiger charge is 2.17. The highest BCUT2D eigenvalue weighted by molar-refractivity contribution is 6.30. The maximum Gasteiger partial charge on any atom is 0.247 e. The van der Waals surface area contributed by atoms with Crippen molar-refractivity contribution in [1.29, 1.82) is 0 Å². The van der Waals surface area contributed by atoms with Crippen LogP contribution in [0.3, 0.4) is 0 Å². The van der Waals surface area contributed by atoms with Crippen molar-refractivity contribution in [3.05, 3.63) is 65.6 Å². The number of aryl methyl sites for hydroxylation is 1. The van der Waals surface area contributed by atoms with E-state index in [4.69, 9.17) is 11.6 Å². The van der Waals surface area contributed by atoms with Crippen molar-refractivity contribution in [2.45, 2.75) is 20.4 Å². The smallest absolute Gasteiger partial charge is 0.247 e. The molecule has 0 saturated heterocycles. The zero-order valence-corrected chi connectivity index (χ0v) is 17.0. The van der Waals surface area contributed by atoms with Crippen molar-refractivity contribution >= 4 is 23.3 Å². The minimum absolute atomic E-state index is 0.0360. The van der Waals surface area contributed by atoms with E-state index in [1.54, 1.807) is 41.6 Å². The van der Waals surface area contributed by atoms with Crippen LogP contribution in [0.2, 0.25) is 5.02 Å². The van der Waals surface area contributed by atoms with Gasteiger partial charge in [-0.15, -0.1) is 0 Å². The number of hydrogen-bond acceptors (Lipinski definition) is 7. The standard InChI is InChI=1S/C20H17ClN8O/c1-12-20(16-7-15(21)9-25-27-16)13(2)29(28-12)11-19(30)26-18-4-3-14(8-24-18)17-10-22-5-6-23-17/h3-10H,11H2,1-2H3,(H,24,26,30). The van der Waals surface area contributed by atoms with Gasteiger partial charge in [0.1, 0.15) is 12.4 Å². The van der Waals surface area contributed by atoms with E-state index in [1.165, 1.54) is 6.20 Å².